The number of aromatic nitrogens is 3. The average Bonchev–Trinajstić information content (AvgIpc) is 3.34. The molecule has 0 aliphatic rings. The fraction of sp³-hybridized carbons (Fsp3) is 0.100. The van der Waals surface area contributed by atoms with Gasteiger partial charge in [-0.1, -0.05) is 34.2 Å². The second-order valence-electron chi connectivity index (χ2n) is 6.05. The lowest BCUT2D eigenvalue weighted by Gasteiger charge is -2.01. The molecule has 0 saturated carbocycles. The van der Waals surface area contributed by atoms with E-state index in [-0.39, 0.29) is 5.91 Å². The minimum absolute atomic E-state index is 0.294. The Labute approximate surface area is 175 Å². The summed E-state index contributed by atoms with van der Waals surface area (Å²) >= 11 is 7.21. The summed E-state index contributed by atoms with van der Waals surface area (Å²) in [5, 5.41) is 7.74. The van der Waals surface area contributed by atoms with E-state index in [0.717, 1.165) is 11.3 Å². The van der Waals surface area contributed by atoms with Gasteiger partial charge in [0.25, 0.3) is 11.8 Å². The predicted molar refractivity (Wildman–Crippen MR) is 112 cm³/mol. The van der Waals surface area contributed by atoms with Crippen LogP contribution in [0.3, 0.4) is 0 Å². The highest BCUT2D eigenvalue weighted by atomic mass is 35.5. The summed E-state index contributed by atoms with van der Waals surface area (Å²) in [5.41, 5.74) is 1.94. The number of rotatable bonds is 5. The van der Waals surface area contributed by atoms with E-state index in [1.54, 1.807) is 31.4 Å². The Morgan fingerprint density at radius 2 is 1.97 bits per heavy atom. The number of anilines is 1. The Hall–Kier alpha value is -3.23. The number of amides is 1. The number of benzene rings is 2. The normalized spacial score (nSPS) is 10.7. The lowest BCUT2D eigenvalue weighted by atomic mass is 10.2. The number of ether oxygens (including phenoxy) is 1. The first-order chi connectivity index (χ1) is 14.0. The first-order valence-corrected chi connectivity index (χ1v) is 9.76. The molecule has 4 aromatic rings. The van der Waals surface area contributed by atoms with Crippen LogP contribution in [-0.4, -0.2) is 28.1 Å². The number of aryl methyl sites for hydroxylation is 1. The molecule has 2 heterocycles. The molecule has 0 spiro atoms. The molecule has 0 radical (unpaired) electrons. The first kappa shape index (κ1) is 19.1. The Bertz CT molecular complexity index is 1170. The highest BCUT2D eigenvalue weighted by Gasteiger charge is 2.18. The number of carbonyl (C=O) groups excluding carboxylic acids is 1. The number of halogens is 1. The number of nitrogens with zero attached hydrogens (tertiary/aromatic N) is 3. The summed E-state index contributed by atoms with van der Waals surface area (Å²) in [6, 6.07) is 14.1. The van der Waals surface area contributed by atoms with Crippen LogP contribution in [0.2, 0.25) is 5.02 Å². The van der Waals surface area contributed by atoms with Crippen molar-refractivity contribution < 1.29 is 14.1 Å². The van der Waals surface area contributed by atoms with E-state index in [9.17, 15) is 4.79 Å². The fourth-order valence-electron chi connectivity index (χ4n) is 2.62. The van der Waals surface area contributed by atoms with E-state index in [2.05, 4.69) is 20.4 Å². The molecule has 29 heavy (non-hydrogen) atoms. The second kappa shape index (κ2) is 8.02. The third-order valence-corrected chi connectivity index (χ3v) is 5.37. The number of carbonyl (C=O) groups is 1. The quantitative estimate of drug-likeness (QED) is 0.478. The number of hydrogen-bond acceptors (Lipinski definition) is 7. The first-order valence-electron chi connectivity index (χ1n) is 8.56. The van der Waals surface area contributed by atoms with Gasteiger partial charge in [-0.2, -0.15) is 4.98 Å². The van der Waals surface area contributed by atoms with Crippen LogP contribution in [0.4, 0.5) is 5.13 Å². The Morgan fingerprint density at radius 1 is 1.17 bits per heavy atom. The van der Waals surface area contributed by atoms with Gasteiger partial charge in [0, 0.05) is 16.1 Å². The molecule has 0 fully saturated rings. The van der Waals surface area contributed by atoms with Crippen molar-refractivity contribution in [3.63, 3.8) is 0 Å². The van der Waals surface area contributed by atoms with E-state index in [1.165, 1.54) is 11.3 Å². The zero-order valence-corrected chi connectivity index (χ0v) is 17.0. The van der Waals surface area contributed by atoms with Gasteiger partial charge in [0.1, 0.15) is 10.6 Å². The molecule has 2 aromatic carbocycles. The van der Waals surface area contributed by atoms with Gasteiger partial charge in [-0.25, -0.2) is 4.98 Å². The van der Waals surface area contributed by atoms with Crippen molar-refractivity contribution in [2.24, 2.45) is 0 Å². The van der Waals surface area contributed by atoms with Crippen LogP contribution in [0, 0.1) is 6.92 Å². The standard InChI is InChI=1S/C20H15ClN4O3S/c1-11-16(19-23-17(25-28-19)12-6-8-15(27-2)9-7-12)29-20(22-11)24-18(26)13-4-3-5-14(21)10-13/h3-10H,1-2H3,(H,22,24,26). The van der Waals surface area contributed by atoms with Gasteiger partial charge in [-0.05, 0) is 49.4 Å². The fourth-order valence-corrected chi connectivity index (χ4v) is 3.69. The van der Waals surface area contributed by atoms with Crippen molar-refractivity contribution in [3.05, 3.63) is 64.8 Å². The smallest absolute Gasteiger partial charge is 0.270 e. The molecular formula is C20H15ClN4O3S. The Kier molecular flexibility index (Phi) is 5.28. The lowest BCUT2D eigenvalue weighted by molar-refractivity contribution is 0.102. The van der Waals surface area contributed by atoms with Gasteiger partial charge < -0.3 is 9.26 Å². The molecule has 0 aliphatic carbocycles. The molecule has 0 unspecified atom stereocenters. The largest absolute Gasteiger partial charge is 0.497 e. The Morgan fingerprint density at radius 3 is 2.69 bits per heavy atom. The summed E-state index contributed by atoms with van der Waals surface area (Å²) in [6.07, 6.45) is 0. The molecule has 2 aromatic heterocycles. The van der Waals surface area contributed by atoms with Crippen LogP contribution in [0.1, 0.15) is 16.1 Å². The van der Waals surface area contributed by atoms with Crippen molar-refractivity contribution in [1.29, 1.82) is 0 Å². The molecule has 9 heteroatoms. The molecule has 146 valence electrons. The minimum Gasteiger partial charge on any atom is -0.497 e. The highest BCUT2D eigenvalue weighted by Crippen LogP contribution is 2.33. The zero-order valence-electron chi connectivity index (χ0n) is 15.5. The number of thiazole rings is 1. The lowest BCUT2D eigenvalue weighted by Crippen LogP contribution is -2.11. The van der Waals surface area contributed by atoms with Crippen LogP contribution in [-0.2, 0) is 0 Å². The molecule has 0 bridgehead atoms. The highest BCUT2D eigenvalue weighted by molar-refractivity contribution is 7.19. The van der Waals surface area contributed by atoms with E-state index < -0.39 is 0 Å². The van der Waals surface area contributed by atoms with Gasteiger partial charge in [0.05, 0.1) is 12.8 Å². The average molecular weight is 427 g/mol. The topological polar surface area (TPSA) is 90.1 Å². The van der Waals surface area contributed by atoms with Crippen molar-refractivity contribution in [2.75, 3.05) is 12.4 Å². The van der Waals surface area contributed by atoms with Crippen molar-refractivity contribution in [2.45, 2.75) is 6.92 Å². The van der Waals surface area contributed by atoms with Gasteiger partial charge >= 0.3 is 0 Å². The van der Waals surface area contributed by atoms with Crippen LogP contribution in [0.15, 0.2) is 53.1 Å². The molecular weight excluding hydrogens is 412 g/mol. The molecule has 0 saturated heterocycles. The van der Waals surface area contributed by atoms with E-state index in [0.29, 0.717) is 38.0 Å². The monoisotopic (exact) mass is 426 g/mol. The molecule has 4 rings (SSSR count). The summed E-state index contributed by atoms with van der Waals surface area (Å²) in [4.78, 5) is 21.9. The van der Waals surface area contributed by atoms with Gasteiger partial charge in [0.15, 0.2) is 5.13 Å². The molecule has 1 N–H and O–H groups in total. The van der Waals surface area contributed by atoms with Gasteiger partial charge in [-0.3, -0.25) is 10.1 Å². The summed E-state index contributed by atoms with van der Waals surface area (Å²) in [6.45, 7) is 1.82. The molecule has 0 aliphatic heterocycles. The molecule has 7 nitrogen and oxygen atoms in total. The molecule has 0 atom stereocenters. The summed E-state index contributed by atoms with van der Waals surface area (Å²) in [7, 11) is 1.61. The predicted octanol–water partition coefficient (Wildman–Crippen LogP) is 5.08. The van der Waals surface area contributed by atoms with E-state index >= 15 is 0 Å². The van der Waals surface area contributed by atoms with Gasteiger partial charge in [0.2, 0.25) is 5.82 Å². The Balaban J connectivity index is 1.55. The van der Waals surface area contributed by atoms with Crippen LogP contribution in [0.25, 0.3) is 22.2 Å². The third kappa shape index (κ3) is 4.13. The maximum Gasteiger partial charge on any atom is 0.270 e. The van der Waals surface area contributed by atoms with E-state index in [1.807, 2.05) is 31.2 Å². The summed E-state index contributed by atoms with van der Waals surface area (Å²) in [5.74, 6) is 1.25. The summed E-state index contributed by atoms with van der Waals surface area (Å²) < 4.78 is 10.6. The minimum atomic E-state index is -0.294. The second-order valence-corrected chi connectivity index (χ2v) is 7.49. The van der Waals surface area contributed by atoms with Crippen LogP contribution >= 0.6 is 22.9 Å². The third-order valence-electron chi connectivity index (χ3n) is 4.07. The van der Waals surface area contributed by atoms with Gasteiger partial charge in [-0.15, -0.1) is 0 Å². The van der Waals surface area contributed by atoms with Crippen molar-refractivity contribution >= 4 is 34.0 Å². The maximum absolute atomic E-state index is 12.4. The van der Waals surface area contributed by atoms with Crippen LogP contribution in [0.5, 0.6) is 5.75 Å². The number of hydrogen-bond donors (Lipinski definition) is 1. The van der Waals surface area contributed by atoms with Crippen molar-refractivity contribution in [3.8, 4) is 27.9 Å². The zero-order chi connectivity index (χ0) is 20.4. The van der Waals surface area contributed by atoms with E-state index in [4.69, 9.17) is 20.9 Å². The number of methoxy groups -OCH3 is 1. The SMILES string of the molecule is COc1ccc(-c2noc(-c3sc(NC(=O)c4cccc(Cl)c4)nc3C)n2)cc1. The van der Waals surface area contributed by atoms with Crippen molar-refractivity contribution in [1.82, 2.24) is 15.1 Å². The van der Waals surface area contributed by atoms with Crippen LogP contribution < -0.4 is 10.1 Å². The maximum atomic E-state index is 12.4. The number of nitrogens with one attached hydrogen (secondary N) is 1. The molecule has 1 amide bonds.